The van der Waals surface area contributed by atoms with E-state index in [1.807, 2.05) is 0 Å². The summed E-state index contributed by atoms with van der Waals surface area (Å²) in [5, 5.41) is 12.6. The molecule has 1 aliphatic rings. The van der Waals surface area contributed by atoms with Gasteiger partial charge < -0.3 is 14.8 Å². The maximum atomic E-state index is 12.0. The van der Waals surface area contributed by atoms with Crippen LogP contribution in [0.5, 0.6) is 5.75 Å². The summed E-state index contributed by atoms with van der Waals surface area (Å²) < 4.78 is 10.4. The van der Waals surface area contributed by atoms with Crippen molar-refractivity contribution in [3.05, 3.63) is 28.2 Å². The Morgan fingerprint density at radius 1 is 1.36 bits per heavy atom. The van der Waals surface area contributed by atoms with Crippen molar-refractivity contribution in [3.63, 3.8) is 0 Å². The van der Waals surface area contributed by atoms with E-state index in [0.717, 1.165) is 12.8 Å². The quantitative estimate of drug-likeness (QED) is 0.760. The molecule has 0 aromatic heterocycles. The molecule has 1 N–H and O–H groups in total. The molecule has 1 fully saturated rings. The topological polar surface area (TPSA) is 88.4 Å². The van der Waals surface area contributed by atoms with E-state index in [-0.39, 0.29) is 10.8 Å². The zero-order chi connectivity index (χ0) is 18.4. The smallest absolute Gasteiger partial charge is 0.347 e. The molecule has 25 heavy (non-hydrogen) atoms. The molecule has 0 saturated heterocycles. The highest BCUT2D eigenvalue weighted by molar-refractivity contribution is 6.35. The first kappa shape index (κ1) is 19.4. The molecule has 1 saturated carbocycles. The third-order valence-electron chi connectivity index (χ3n) is 3.92. The van der Waals surface area contributed by atoms with E-state index in [1.54, 1.807) is 6.07 Å². The second-order valence-electron chi connectivity index (χ2n) is 5.89. The number of nitrogens with one attached hydrogen (secondary N) is 1. The van der Waals surface area contributed by atoms with Gasteiger partial charge in [-0.1, -0.05) is 23.2 Å². The average Bonchev–Trinajstić information content (AvgIpc) is 3.04. The number of rotatable bonds is 6. The molecular formula is C17H18Cl2N2O4. The van der Waals surface area contributed by atoms with E-state index < -0.39 is 30.1 Å². The fraction of sp³-hybridized carbons (Fsp3) is 0.471. The van der Waals surface area contributed by atoms with Crippen LogP contribution in [0.2, 0.25) is 10.0 Å². The van der Waals surface area contributed by atoms with Crippen molar-refractivity contribution in [1.29, 1.82) is 5.26 Å². The van der Waals surface area contributed by atoms with Crippen molar-refractivity contribution in [2.75, 3.05) is 6.61 Å². The van der Waals surface area contributed by atoms with Gasteiger partial charge >= 0.3 is 5.97 Å². The SMILES string of the molecule is C[C@H](Oc1ccc(Cl)cc1Cl)C(=O)OCC(=O)NC1(C#N)CCCC1. The Hall–Kier alpha value is -1.97. The van der Waals surface area contributed by atoms with Crippen LogP contribution in [0.25, 0.3) is 0 Å². The molecule has 1 atom stereocenters. The number of nitriles is 1. The monoisotopic (exact) mass is 384 g/mol. The Morgan fingerprint density at radius 2 is 2.04 bits per heavy atom. The number of benzene rings is 1. The largest absolute Gasteiger partial charge is 0.477 e. The Labute approximate surface area is 156 Å². The minimum atomic E-state index is -0.956. The summed E-state index contributed by atoms with van der Waals surface area (Å²) in [4.78, 5) is 23.9. The van der Waals surface area contributed by atoms with Gasteiger partial charge in [0.15, 0.2) is 12.7 Å². The first-order valence-corrected chi connectivity index (χ1v) is 8.61. The molecule has 0 bridgehead atoms. The van der Waals surface area contributed by atoms with E-state index in [9.17, 15) is 14.9 Å². The Kier molecular flexibility index (Phi) is 6.51. The van der Waals surface area contributed by atoms with Gasteiger partial charge in [-0.25, -0.2) is 4.79 Å². The van der Waals surface area contributed by atoms with E-state index in [1.165, 1.54) is 19.1 Å². The second kappa shape index (κ2) is 8.41. The fourth-order valence-corrected chi connectivity index (χ4v) is 3.06. The standard InChI is InChI=1S/C17H18Cl2N2O4/c1-11(25-14-5-4-12(18)8-13(14)19)16(23)24-9-15(22)21-17(10-20)6-2-3-7-17/h4-5,8,11H,2-3,6-7,9H2,1H3,(H,21,22)/t11-/m0/s1. The van der Waals surface area contributed by atoms with E-state index in [0.29, 0.717) is 17.9 Å². The van der Waals surface area contributed by atoms with Crippen molar-refractivity contribution in [3.8, 4) is 11.8 Å². The molecule has 0 heterocycles. The Balaban J connectivity index is 1.83. The van der Waals surface area contributed by atoms with Gasteiger partial charge in [0.1, 0.15) is 11.3 Å². The second-order valence-corrected chi connectivity index (χ2v) is 6.74. The van der Waals surface area contributed by atoms with Gasteiger partial charge in [-0.05, 0) is 50.8 Å². The summed E-state index contributed by atoms with van der Waals surface area (Å²) in [5.74, 6) is -0.929. The van der Waals surface area contributed by atoms with Gasteiger partial charge in [0.25, 0.3) is 5.91 Å². The lowest BCUT2D eigenvalue weighted by atomic mass is 10.00. The predicted molar refractivity (Wildman–Crippen MR) is 92.5 cm³/mol. The van der Waals surface area contributed by atoms with Crippen molar-refractivity contribution < 1.29 is 19.1 Å². The number of carbonyl (C=O) groups excluding carboxylic acids is 2. The minimum Gasteiger partial charge on any atom is -0.477 e. The molecular weight excluding hydrogens is 367 g/mol. The first-order chi connectivity index (χ1) is 11.8. The van der Waals surface area contributed by atoms with Crippen LogP contribution in [0, 0.1) is 11.3 Å². The highest BCUT2D eigenvalue weighted by atomic mass is 35.5. The predicted octanol–water partition coefficient (Wildman–Crippen LogP) is 3.26. The van der Waals surface area contributed by atoms with Crippen LogP contribution >= 0.6 is 23.2 Å². The van der Waals surface area contributed by atoms with Crippen LogP contribution in [-0.2, 0) is 14.3 Å². The highest BCUT2D eigenvalue weighted by Crippen LogP contribution is 2.29. The van der Waals surface area contributed by atoms with Gasteiger partial charge in [-0.2, -0.15) is 5.26 Å². The van der Waals surface area contributed by atoms with Crippen LogP contribution < -0.4 is 10.1 Å². The summed E-state index contributed by atoms with van der Waals surface area (Å²) in [6, 6.07) is 6.75. The maximum absolute atomic E-state index is 12.0. The van der Waals surface area contributed by atoms with Crippen LogP contribution in [0.4, 0.5) is 0 Å². The molecule has 0 radical (unpaired) electrons. The molecule has 0 unspecified atom stereocenters. The average molecular weight is 385 g/mol. The van der Waals surface area contributed by atoms with Crippen LogP contribution in [0.3, 0.4) is 0 Å². The van der Waals surface area contributed by atoms with Gasteiger partial charge in [0.2, 0.25) is 0 Å². The molecule has 6 nitrogen and oxygen atoms in total. The Bertz CT molecular complexity index is 696. The van der Waals surface area contributed by atoms with Crippen molar-refractivity contribution in [2.24, 2.45) is 0 Å². The number of carbonyl (C=O) groups is 2. The molecule has 1 aromatic carbocycles. The normalized spacial score (nSPS) is 16.6. The fourth-order valence-electron chi connectivity index (χ4n) is 2.61. The lowest BCUT2D eigenvalue weighted by Crippen LogP contribution is -2.47. The molecule has 0 spiro atoms. The Morgan fingerprint density at radius 3 is 2.64 bits per heavy atom. The third kappa shape index (κ3) is 5.25. The van der Waals surface area contributed by atoms with Gasteiger partial charge in [-0.3, -0.25) is 4.79 Å². The number of nitrogens with zero attached hydrogens (tertiary/aromatic N) is 1. The number of amides is 1. The van der Waals surface area contributed by atoms with Crippen LogP contribution in [0.1, 0.15) is 32.6 Å². The zero-order valence-corrected chi connectivity index (χ0v) is 15.2. The maximum Gasteiger partial charge on any atom is 0.347 e. The van der Waals surface area contributed by atoms with E-state index >= 15 is 0 Å². The van der Waals surface area contributed by atoms with Crippen LogP contribution in [-0.4, -0.2) is 30.1 Å². The lowest BCUT2D eigenvalue weighted by molar-refractivity contribution is -0.155. The van der Waals surface area contributed by atoms with Gasteiger partial charge in [0, 0.05) is 5.02 Å². The number of esters is 1. The molecule has 0 aliphatic heterocycles. The van der Waals surface area contributed by atoms with E-state index in [4.69, 9.17) is 32.7 Å². The van der Waals surface area contributed by atoms with Gasteiger partial charge in [-0.15, -0.1) is 0 Å². The number of ether oxygens (including phenoxy) is 2. The highest BCUT2D eigenvalue weighted by Gasteiger charge is 2.35. The summed E-state index contributed by atoms with van der Waals surface area (Å²) in [6.45, 7) is 1.02. The zero-order valence-electron chi connectivity index (χ0n) is 13.7. The van der Waals surface area contributed by atoms with Crippen molar-refractivity contribution in [2.45, 2.75) is 44.2 Å². The summed E-state index contributed by atoms with van der Waals surface area (Å²) >= 11 is 11.8. The minimum absolute atomic E-state index is 0.266. The molecule has 8 heteroatoms. The molecule has 2 rings (SSSR count). The van der Waals surface area contributed by atoms with E-state index in [2.05, 4.69) is 11.4 Å². The molecule has 1 aromatic rings. The summed E-state index contributed by atoms with van der Waals surface area (Å²) in [5.41, 5.74) is -0.845. The number of hydrogen-bond donors (Lipinski definition) is 1. The van der Waals surface area contributed by atoms with Gasteiger partial charge in [0.05, 0.1) is 11.1 Å². The molecule has 134 valence electrons. The number of hydrogen-bond acceptors (Lipinski definition) is 5. The van der Waals surface area contributed by atoms with Crippen molar-refractivity contribution >= 4 is 35.1 Å². The lowest BCUT2D eigenvalue weighted by Gasteiger charge is -2.22. The molecule has 1 aliphatic carbocycles. The van der Waals surface area contributed by atoms with Crippen LogP contribution in [0.15, 0.2) is 18.2 Å². The van der Waals surface area contributed by atoms with Crippen molar-refractivity contribution in [1.82, 2.24) is 5.32 Å². The first-order valence-electron chi connectivity index (χ1n) is 7.86. The third-order valence-corrected chi connectivity index (χ3v) is 4.46. The molecule has 1 amide bonds. The number of halogens is 2. The summed E-state index contributed by atoms with van der Waals surface area (Å²) in [7, 11) is 0. The summed E-state index contributed by atoms with van der Waals surface area (Å²) in [6.07, 6.45) is 2.04.